The van der Waals surface area contributed by atoms with E-state index >= 15 is 0 Å². The van der Waals surface area contributed by atoms with Gasteiger partial charge in [-0.2, -0.15) is 0 Å². The van der Waals surface area contributed by atoms with Crippen LogP contribution in [0.15, 0.2) is 24.3 Å². The van der Waals surface area contributed by atoms with Crippen LogP contribution in [-0.4, -0.2) is 22.4 Å². The van der Waals surface area contributed by atoms with Gasteiger partial charge in [-0.1, -0.05) is 32.4 Å². The van der Waals surface area contributed by atoms with Crippen LogP contribution in [-0.2, 0) is 4.79 Å². The van der Waals surface area contributed by atoms with Crippen molar-refractivity contribution in [2.24, 2.45) is 5.92 Å². The first-order valence-electron chi connectivity index (χ1n) is 7.84. The molecule has 1 heterocycles. The molecule has 2 aliphatic rings. The van der Waals surface area contributed by atoms with Crippen molar-refractivity contribution in [3.05, 3.63) is 35.6 Å². The SMILES string of the molecule is CCC(C)C(C)N1C(=O)C2(CC2)NC1c1cccc(F)c1. The zero-order valence-electron chi connectivity index (χ0n) is 12.9. The maximum absolute atomic E-state index is 13.5. The van der Waals surface area contributed by atoms with Gasteiger partial charge in [0.25, 0.3) is 0 Å². The molecule has 0 aromatic heterocycles. The molecule has 3 unspecified atom stereocenters. The number of amides is 1. The number of hydrogen-bond acceptors (Lipinski definition) is 2. The van der Waals surface area contributed by atoms with Gasteiger partial charge >= 0.3 is 0 Å². The molecule has 1 amide bonds. The van der Waals surface area contributed by atoms with Crippen molar-refractivity contribution < 1.29 is 9.18 Å². The number of carbonyl (C=O) groups excluding carboxylic acids is 1. The largest absolute Gasteiger partial charge is 0.318 e. The Morgan fingerprint density at radius 3 is 2.71 bits per heavy atom. The van der Waals surface area contributed by atoms with E-state index in [9.17, 15) is 9.18 Å². The summed E-state index contributed by atoms with van der Waals surface area (Å²) in [6.45, 7) is 6.40. The van der Waals surface area contributed by atoms with Crippen LogP contribution in [0.2, 0.25) is 0 Å². The van der Waals surface area contributed by atoms with Gasteiger partial charge in [-0.3, -0.25) is 10.1 Å². The lowest BCUT2D eigenvalue weighted by Crippen LogP contribution is -2.42. The molecule has 1 N–H and O–H groups in total. The van der Waals surface area contributed by atoms with Crippen LogP contribution < -0.4 is 5.32 Å². The third-order valence-corrected chi connectivity index (χ3v) is 5.16. The second kappa shape index (κ2) is 5.09. The molecule has 3 nitrogen and oxygen atoms in total. The van der Waals surface area contributed by atoms with E-state index in [1.165, 1.54) is 12.1 Å². The molecule has 1 aliphatic carbocycles. The molecule has 1 saturated carbocycles. The topological polar surface area (TPSA) is 32.3 Å². The van der Waals surface area contributed by atoms with Gasteiger partial charge in [-0.05, 0) is 43.4 Å². The fraction of sp³-hybridized carbons (Fsp3) is 0.588. The Bertz CT molecular complexity index is 555. The zero-order valence-corrected chi connectivity index (χ0v) is 12.9. The van der Waals surface area contributed by atoms with E-state index in [4.69, 9.17) is 0 Å². The lowest BCUT2D eigenvalue weighted by Gasteiger charge is -2.34. The summed E-state index contributed by atoms with van der Waals surface area (Å²) in [4.78, 5) is 14.7. The van der Waals surface area contributed by atoms with Gasteiger partial charge in [0.15, 0.2) is 0 Å². The van der Waals surface area contributed by atoms with Crippen molar-refractivity contribution >= 4 is 5.91 Å². The van der Waals surface area contributed by atoms with E-state index in [1.807, 2.05) is 11.0 Å². The first-order valence-corrected chi connectivity index (χ1v) is 7.84. The first kappa shape index (κ1) is 14.5. The summed E-state index contributed by atoms with van der Waals surface area (Å²) in [5.74, 6) is 0.347. The van der Waals surface area contributed by atoms with Gasteiger partial charge in [-0.25, -0.2) is 4.39 Å². The molecule has 4 heteroatoms. The van der Waals surface area contributed by atoms with Crippen LogP contribution in [0.5, 0.6) is 0 Å². The summed E-state index contributed by atoms with van der Waals surface area (Å²) in [6, 6.07) is 6.72. The second-order valence-corrected chi connectivity index (χ2v) is 6.52. The zero-order chi connectivity index (χ0) is 15.2. The number of nitrogens with zero attached hydrogens (tertiary/aromatic N) is 1. The van der Waals surface area contributed by atoms with Gasteiger partial charge in [0.1, 0.15) is 17.5 Å². The second-order valence-electron chi connectivity index (χ2n) is 6.52. The molecule has 0 bridgehead atoms. The summed E-state index contributed by atoms with van der Waals surface area (Å²) in [5.41, 5.74) is 0.459. The first-order chi connectivity index (χ1) is 9.98. The Kier molecular flexibility index (Phi) is 3.52. The number of nitrogens with one attached hydrogen (secondary N) is 1. The number of halogens is 1. The minimum atomic E-state index is -0.376. The van der Waals surface area contributed by atoms with Gasteiger partial charge in [0, 0.05) is 6.04 Å². The maximum Gasteiger partial charge on any atom is 0.244 e. The van der Waals surface area contributed by atoms with E-state index in [-0.39, 0.29) is 29.5 Å². The van der Waals surface area contributed by atoms with E-state index in [0.29, 0.717) is 5.92 Å². The van der Waals surface area contributed by atoms with Crippen LogP contribution in [0, 0.1) is 11.7 Å². The van der Waals surface area contributed by atoms with Crippen molar-refractivity contribution in [2.45, 2.75) is 57.8 Å². The average Bonchev–Trinajstić information content (AvgIpc) is 3.19. The average molecular weight is 290 g/mol. The molecule has 1 aromatic rings. The standard InChI is InChI=1S/C17H23FN2O/c1-4-11(2)12(3)20-15(13-6-5-7-14(18)10-13)19-17(8-9-17)16(20)21/h5-7,10-12,15,19H,4,8-9H2,1-3H3. The molecule has 1 saturated heterocycles. The van der Waals surface area contributed by atoms with Gasteiger partial charge in [-0.15, -0.1) is 0 Å². The summed E-state index contributed by atoms with van der Waals surface area (Å²) >= 11 is 0. The monoisotopic (exact) mass is 290 g/mol. The summed E-state index contributed by atoms with van der Waals surface area (Å²) in [7, 11) is 0. The molecular formula is C17H23FN2O. The van der Waals surface area contributed by atoms with Crippen molar-refractivity contribution in [2.75, 3.05) is 0 Å². The fourth-order valence-corrected chi connectivity index (χ4v) is 3.20. The highest BCUT2D eigenvalue weighted by Crippen LogP contribution is 2.47. The van der Waals surface area contributed by atoms with E-state index in [1.54, 1.807) is 6.07 Å². The summed E-state index contributed by atoms with van der Waals surface area (Å²) in [5, 5.41) is 3.45. The Labute approximate surface area is 125 Å². The quantitative estimate of drug-likeness (QED) is 0.923. The summed E-state index contributed by atoms with van der Waals surface area (Å²) < 4.78 is 13.5. The van der Waals surface area contributed by atoms with Gasteiger partial charge in [0.05, 0.1) is 0 Å². The molecule has 1 aliphatic heterocycles. The van der Waals surface area contributed by atoms with E-state index in [0.717, 1.165) is 24.8 Å². The highest BCUT2D eigenvalue weighted by molar-refractivity contribution is 5.92. The molecule has 3 atom stereocenters. The molecule has 1 spiro atoms. The molecule has 2 fully saturated rings. The van der Waals surface area contributed by atoms with Crippen LogP contribution in [0.4, 0.5) is 4.39 Å². The Balaban J connectivity index is 1.95. The number of rotatable bonds is 4. The molecular weight excluding hydrogens is 267 g/mol. The fourth-order valence-electron chi connectivity index (χ4n) is 3.20. The predicted molar refractivity (Wildman–Crippen MR) is 80.0 cm³/mol. The van der Waals surface area contributed by atoms with E-state index in [2.05, 4.69) is 26.1 Å². The van der Waals surface area contributed by atoms with Crippen LogP contribution in [0.3, 0.4) is 0 Å². The molecule has 0 radical (unpaired) electrons. The lowest BCUT2D eigenvalue weighted by atomic mass is 9.98. The molecule has 1 aromatic carbocycles. The predicted octanol–water partition coefficient (Wildman–Crippen LogP) is 3.22. The van der Waals surface area contributed by atoms with Crippen LogP contribution in [0.25, 0.3) is 0 Å². The van der Waals surface area contributed by atoms with Gasteiger partial charge in [0.2, 0.25) is 5.91 Å². The van der Waals surface area contributed by atoms with Crippen molar-refractivity contribution in [3.63, 3.8) is 0 Å². The number of benzene rings is 1. The Hall–Kier alpha value is -1.42. The molecule has 21 heavy (non-hydrogen) atoms. The normalized spacial score (nSPS) is 26.2. The van der Waals surface area contributed by atoms with Gasteiger partial charge < -0.3 is 4.90 Å². The molecule has 114 valence electrons. The summed E-state index contributed by atoms with van der Waals surface area (Å²) in [6.07, 6.45) is 2.59. The number of hydrogen-bond donors (Lipinski definition) is 1. The Morgan fingerprint density at radius 2 is 2.14 bits per heavy atom. The van der Waals surface area contributed by atoms with Crippen LogP contribution >= 0.6 is 0 Å². The highest BCUT2D eigenvalue weighted by Gasteiger charge is 2.60. The highest BCUT2D eigenvalue weighted by atomic mass is 19.1. The van der Waals surface area contributed by atoms with Crippen molar-refractivity contribution in [3.8, 4) is 0 Å². The van der Waals surface area contributed by atoms with Crippen molar-refractivity contribution in [1.29, 1.82) is 0 Å². The molecule has 3 rings (SSSR count). The smallest absolute Gasteiger partial charge is 0.244 e. The van der Waals surface area contributed by atoms with Crippen LogP contribution in [0.1, 0.15) is 51.8 Å². The Morgan fingerprint density at radius 1 is 1.43 bits per heavy atom. The third-order valence-electron chi connectivity index (χ3n) is 5.16. The minimum absolute atomic E-state index is 0.142. The van der Waals surface area contributed by atoms with E-state index < -0.39 is 0 Å². The third kappa shape index (κ3) is 2.35. The van der Waals surface area contributed by atoms with Crippen molar-refractivity contribution in [1.82, 2.24) is 10.2 Å². The maximum atomic E-state index is 13.5. The number of carbonyl (C=O) groups is 1. The minimum Gasteiger partial charge on any atom is -0.318 e. The lowest BCUT2D eigenvalue weighted by molar-refractivity contribution is -0.133.